The second kappa shape index (κ2) is 6.66. The van der Waals surface area contributed by atoms with Crippen LogP contribution in [0.25, 0.3) is 0 Å². The lowest BCUT2D eigenvalue weighted by atomic mass is 10.3. The number of carbonyl (C=O) groups excluding carboxylic acids is 1. The minimum Gasteiger partial charge on any atom is -0.454 e. The Labute approximate surface area is 137 Å². The van der Waals surface area contributed by atoms with Crippen molar-refractivity contribution in [3.63, 3.8) is 0 Å². The van der Waals surface area contributed by atoms with Gasteiger partial charge >= 0.3 is 5.97 Å². The highest BCUT2D eigenvalue weighted by atomic mass is 32.1. The minimum atomic E-state index is -0.507. The van der Waals surface area contributed by atoms with Crippen molar-refractivity contribution >= 4 is 17.3 Å². The van der Waals surface area contributed by atoms with Crippen molar-refractivity contribution < 1.29 is 9.53 Å². The summed E-state index contributed by atoms with van der Waals surface area (Å²) in [7, 11) is 0. The van der Waals surface area contributed by atoms with Gasteiger partial charge in [-0.1, -0.05) is 11.3 Å². The Morgan fingerprint density at radius 3 is 2.96 bits per heavy atom. The van der Waals surface area contributed by atoms with E-state index in [9.17, 15) is 4.79 Å². The summed E-state index contributed by atoms with van der Waals surface area (Å²) in [6, 6.07) is 3.78. The molecule has 8 heteroatoms. The summed E-state index contributed by atoms with van der Waals surface area (Å²) in [6.07, 6.45) is 5.01. The first-order chi connectivity index (χ1) is 11.1. The maximum atomic E-state index is 12.0. The predicted molar refractivity (Wildman–Crippen MR) is 84.1 cm³/mol. The molecule has 3 heterocycles. The number of hydrogen-bond donors (Lipinski definition) is 0. The van der Waals surface area contributed by atoms with Gasteiger partial charge in [-0.25, -0.2) is 14.5 Å². The van der Waals surface area contributed by atoms with Gasteiger partial charge in [-0.05, 0) is 25.5 Å². The van der Waals surface area contributed by atoms with Crippen LogP contribution >= 0.6 is 11.3 Å². The third-order valence-electron chi connectivity index (χ3n) is 3.15. The smallest absolute Gasteiger partial charge is 0.360 e. The molecule has 118 valence electrons. The van der Waals surface area contributed by atoms with E-state index in [1.54, 1.807) is 34.6 Å². The topological polar surface area (TPSA) is 82.8 Å². The number of ether oxygens (including phenoxy) is 1. The molecule has 0 aliphatic rings. The van der Waals surface area contributed by atoms with E-state index in [2.05, 4.69) is 20.3 Å². The normalized spacial score (nSPS) is 10.7. The fraction of sp³-hybridized carbons (Fsp3) is 0.267. The van der Waals surface area contributed by atoms with Crippen LogP contribution < -0.4 is 0 Å². The fourth-order valence-electron chi connectivity index (χ4n) is 2.06. The highest BCUT2D eigenvalue weighted by molar-refractivity contribution is 7.11. The molecular weight excluding hydrogens is 314 g/mol. The second-order valence-corrected chi connectivity index (χ2v) is 6.38. The van der Waals surface area contributed by atoms with E-state index in [1.165, 1.54) is 0 Å². The third-order valence-corrected chi connectivity index (χ3v) is 4.08. The largest absolute Gasteiger partial charge is 0.454 e. The number of esters is 1. The average Bonchev–Trinajstić information content (AvgIpc) is 3.12. The van der Waals surface area contributed by atoms with Crippen molar-refractivity contribution in [2.24, 2.45) is 0 Å². The van der Waals surface area contributed by atoms with Crippen LogP contribution in [0.2, 0.25) is 0 Å². The van der Waals surface area contributed by atoms with Crippen molar-refractivity contribution in [3.8, 4) is 0 Å². The lowest BCUT2D eigenvalue weighted by Gasteiger charge is -2.01. The van der Waals surface area contributed by atoms with Crippen molar-refractivity contribution in [1.29, 1.82) is 0 Å². The van der Waals surface area contributed by atoms with Crippen molar-refractivity contribution in [2.45, 2.75) is 27.0 Å². The summed E-state index contributed by atoms with van der Waals surface area (Å²) in [4.78, 5) is 21.4. The number of aryl methyl sites for hydroxylation is 2. The summed E-state index contributed by atoms with van der Waals surface area (Å²) in [5, 5.41) is 8.74. The van der Waals surface area contributed by atoms with E-state index < -0.39 is 5.97 Å². The maximum Gasteiger partial charge on any atom is 0.360 e. The van der Waals surface area contributed by atoms with Gasteiger partial charge in [0.15, 0.2) is 5.69 Å². The molecule has 3 rings (SSSR count). The molecule has 0 amide bonds. The second-order valence-electron chi connectivity index (χ2n) is 4.97. The monoisotopic (exact) mass is 329 g/mol. The van der Waals surface area contributed by atoms with Crippen molar-refractivity contribution in [1.82, 2.24) is 25.0 Å². The molecule has 0 unspecified atom stereocenters. The molecule has 0 aromatic carbocycles. The molecule has 0 radical (unpaired) electrons. The van der Waals surface area contributed by atoms with Crippen LogP contribution in [0.1, 0.15) is 31.6 Å². The van der Waals surface area contributed by atoms with Gasteiger partial charge in [-0.2, -0.15) is 0 Å². The number of carbonyl (C=O) groups is 1. The summed E-state index contributed by atoms with van der Waals surface area (Å²) >= 11 is 1.58. The highest BCUT2D eigenvalue weighted by Gasteiger charge is 2.14. The van der Waals surface area contributed by atoms with Gasteiger partial charge in [0.1, 0.15) is 6.61 Å². The average molecular weight is 329 g/mol. The van der Waals surface area contributed by atoms with Crippen LogP contribution in [0.3, 0.4) is 0 Å². The Bertz CT molecular complexity index is 812. The number of rotatable bonds is 5. The fourth-order valence-corrected chi connectivity index (χ4v) is 2.88. The zero-order valence-electron chi connectivity index (χ0n) is 12.8. The van der Waals surface area contributed by atoms with Crippen LogP contribution in [-0.2, 0) is 17.9 Å². The van der Waals surface area contributed by atoms with Gasteiger partial charge < -0.3 is 4.74 Å². The molecule has 0 aliphatic heterocycles. The number of aromatic nitrogens is 5. The highest BCUT2D eigenvalue weighted by Crippen LogP contribution is 2.17. The summed E-state index contributed by atoms with van der Waals surface area (Å²) < 4.78 is 6.82. The number of thiazole rings is 1. The first kappa shape index (κ1) is 15.3. The standard InChI is InChI=1S/C15H15N5O2S/c1-10-14(17-11(2)23-10)9-22-15(21)13-8-20(19-18-13)7-12-4-3-5-16-6-12/h3-6,8H,7,9H2,1-2H3. The van der Waals surface area contributed by atoms with Crippen LogP contribution in [-0.4, -0.2) is 30.9 Å². The van der Waals surface area contributed by atoms with Gasteiger partial charge in [0.05, 0.1) is 23.4 Å². The van der Waals surface area contributed by atoms with E-state index in [0.717, 1.165) is 21.1 Å². The number of pyridine rings is 1. The number of nitrogens with zero attached hydrogens (tertiary/aromatic N) is 5. The summed E-state index contributed by atoms with van der Waals surface area (Å²) in [5.41, 5.74) is 1.94. The van der Waals surface area contributed by atoms with Gasteiger partial charge in [0, 0.05) is 17.3 Å². The Morgan fingerprint density at radius 2 is 2.26 bits per heavy atom. The van der Waals surface area contributed by atoms with E-state index >= 15 is 0 Å². The quantitative estimate of drug-likeness (QED) is 0.667. The van der Waals surface area contributed by atoms with Gasteiger partial charge in [-0.3, -0.25) is 4.98 Å². The van der Waals surface area contributed by atoms with Crippen LogP contribution in [0.4, 0.5) is 0 Å². The van der Waals surface area contributed by atoms with Gasteiger partial charge in [0.25, 0.3) is 0 Å². The molecule has 3 aromatic heterocycles. The summed E-state index contributed by atoms with van der Waals surface area (Å²) in [5.74, 6) is -0.507. The molecule has 0 aliphatic carbocycles. The molecule has 23 heavy (non-hydrogen) atoms. The lowest BCUT2D eigenvalue weighted by molar-refractivity contribution is 0.0460. The molecule has 7 nitrogen and oxygen atoms in total. The molecule has 0 saturated heterocycles. The molecule has 0 spiro atoms. The first-order valence-corrected chi connectivity index (χ1v) is 7.82. The van der Waals surface area contributed by atoms with Crippen LogP contribution in [0.5, 0.6) is 0 Å². The number of hydrogen-bond acceptors (Lipinski definition) is 7. The van der Waals surface area contributed by atoms with E-state index in [0.29, 0.717) is 6.54 Å². The summed E-state index contributed by atoms with van der Waals surface area (Å²) in [6.45, 7) is 4.52. The van der Waals surface area contributed by atoms with E-state index in [4.69, 9.17) is 4.74 Å². The molecule has 3 aromatic rings. The van der Waals surface area contributed by atoms with Crippen LogP contribution in [0.15, 0.2) is 30.7 Å². The SMILES string of the molecule is Cc1nc(COC(=O)c2cn(Cc3cccnc3)nn2)c(C)s1. The molecule has 0 bridgehead atoms. The molecule has 0 fully saturated rings. The molecule has 0 atom stereocenters. The molecule has 0 N–H and O–H groups in total. The Morgan fingerprint density at radius 1 is 1.39 bits per heavy atom. The zero-order chi connectivity index (χ0) is 16.2. The Balaban J connectivity index is 1.61. The van der Waals surface area contributed by atoms with Gasteiger partial charge in [-0.15, -0.1) is 16.4 Å². The third kappa shape index (κ3) is 3.78. The Kier molecular flexibility index (Phi) is 4.42. The van der Waals surface area contributed by atoms with Crippen molar-refractivity contribution in [2.75, 3.05) is 0 Å². The Hall–Kier alpha value is -2.61. The first-order valence-electron chi connectivity index (χ1n) is 7.01. The predicted octanol–water partition coefficient (Wildman–Crippen LogP) is 2.15. The molecular formula is C15H15N5O2S. The lowest BCUT2D eigenvalue weighted by Crippen LogP contribution is -2.06. The van der Waals surface area contributed by atoms with Crippen molar-refractivity contribution in [3.05, 3.63) is 57.6 Å². The van der Waals surface area contributed by atoms with Gasteiger partial charge in [0.2, 0.25) is 0 Å². The van der Waals surface area contributed by atoms with E-state index in [-0.39, 0.29) is 12.3 Å². The molecule has 0 saturated carbocycles. The zero-order valence-corrected chi connectivity index (χ0v) is 13.6. The minimum absolute atomic E-state index is 0.143. The maximum absolute atomic E-state index is 12.0. The van der Waals surface area contributed by atoms with Crippen LogP contribution in [0, 0.1) is 13.8 Å². The van der Waals surface area contributed by atoms with E-state index in [1.807, 2.05) is 26.0 Å².